The van der Waals surface area contributed by atoms with Crippen molar-refractivity contribution in [2.24, 2.45) is 5.10 Å². The molecule has 0 saturated carbocycles. The molecule has 0 amide bonds. The van der Waals surface area contributed by atoms with Crippen LogP contribution in [0.3, 0.4) is 0 Å². The van der Waals surface area contributed by atoms with E-state index in [0.29, 0.717) is 0 Å². The molecule has 0 spiro atoms. The number of para-hydroxylation sites is 1. The molecule has 1 aromatic heterocycles. The Bertz CT molecular complexity index is 1020. The number of benzene rings is 2. The summed E-state index contributed by atoms with van der Waals surface area (Å²) < 4.78 is 11.9. The van der Waals surface area contributed by atoms with E-state index in [1.165, 1.54) is 0 Å². The molecule has 0 saturated heterocycles. The molecular weight excluding hydrogens is 360 g/mol. The zero-order valence-electron chi connectivity index (χ0n) is 14.7. The number of aromatic hydroxyl groups is 1. The van der Waals surface area contributed by atoms with Gasteiger partial charge >= 0.3 is 0 Å². The smallest absolute Gasteiger partial charge is 0.223 e. The Kier molecular flexibility index (Phi) is 3.79. The molecule has 0 unspecified atom stereocenters. The van der Waals surface area contributed by atoms with Crippen LogP contribution in [-0.2, 0) is 0 Å². The largest absolute Gasteiger partial charge is 0.508 e. The van der Waals surface area contributed by atoms with Gasteiger partial charge in [-0.2, -0.15) is 5.10 Å². The average molecular weight is 378 g/mol. The van der Waals surface area contributed by atoms with Crippen LogP contribution in [0.2, 0.25) is 0 Å². The number of nitrogens with zero attached hydrogens (tertiary/aromatic N) is 2. The van der Waals surface area contributed by atoms with Crippen molar-refractivity contribution < 1.29 is 14.6 Å². The maximum Gasteiger partial charge on any atom is 0.223 e. The van der Waals surface area contributed by atoms with Crippen molar-refractivity contribution in [2.75, 3.05) is 7.11 Å². The predicted molar refractivity (Wildman–Crippen MR) is 105 cm³/mol. The summed E-state index contributed by atoms with van der Waals surface area (Å²) in [4.78, 5) is 1.09. The van der Waals surface area contributed by atoms with Crippen LogP contribution in [0.5, 0.6) is 17.2 Å². The number of methoxy groups -OCH3 is 1. The second-order valence-electron chi connectivity index (χ2n) is 6.56. The lowest BCUT2D eigenvalue weighted by Crippen LogP contribution is -2.33. The Morgan fingerprint density at radius 1 is 1.19 bits per heavy atom. The summed E-state index contributed by atoms with van der Waals surface area (Å²) in [7, 11) is 1.66. The van der Waals surface area contributed by atoms with Gasteiger partial charge in [0.25, 0.3) is 0 Å². The van der Waals surface area contributed by atoms with Crippen molar-refractivity contribution >= 4 is 17.0 Å². The third-order valence-electron chi connectivity index (χ3n) is 4.97. The van der Waals surface area contributed by atoms with Gasteiger partial charge in [-0.1, -0.05) is 30.3 Å². The number of fused-ring (bicyclic) bond motifs is 3. The molecule has 0 bridgehead atoms. The molecule has 2 aromatic carbocycles. The van der Waals surface area contributed by atoms with E-state index in [1.807, 2.05) is 40.7 Å². The SMILES string of the molecule is COc1cccc2c1O[C@H](c1cccs1)N1N=C(c3cccc(O)c3)C[C@@H]21. The first-order valence-corrected chi connectivity index (χ1v) is 9.65. The third-order valence-corrected chi connectivity index (χ3v) is 5.87. The summed E-state index contributed by atoms with van der Waals surface area (Å²) in [6.07, 6.45) is 0.447. The van der Waals surface area contributed by atoms with E-state index in [9.17, 15) is 5.11 Å². The molecule has 3 heterocycles. The first-order valence-electron chi connectivity index (χ1n) is 8.77. The molecule has 0 radical (unpaired) electrons. The molecule has 0 fully saturated rings. The van der Waals surface area contributed by atoms with E-state index in [4.69, 9.17) is 14.6 Å². The summed E-state index contributed by atoms with van der Waals surface area (Å²) in [6.45, 7) is 0. The Balaban J connectivity index is 1.62. The van der Waals surface area contributed by atoms with Crippen LogP contribution in [0.4, 0.5) is 0 Å². The minimum absolute atomic E-state index is 0.0632. The standard InChI is InChI=1S/C21H18N2O3S/c1-25-18-8-3-7-15-17-12-16(13-5-2-6-14(24)11-13)22-23(17)21(26-20(15)18)19-9-4-10-27-19/h2-11,17,21,24H,12H2,1H3/t17-,21+/m0/s1. The molecule has 5 nitrogen and oxygen atoms in total. The summed E-state index contributed by atoms with van der Waals surface area (Å²) >= 11 is 1.65. The molecule has 3 aromatic rings. The molecule has 2 aliphatic rings. The number of hydrogen-bond acceptors (Lipinski definition) is 6. The number of phenols is 1. The lowest BCUT2D eigenvalue weighted by atomic mass is 9.96. The first-order chi connectivity index (χ1) is 13.2. The van der Waals surface area contributed by atoms with Gasteiger partial charge in [-0.25, -0.2) is 5.01 Å². The zero-order chi connectivity index (χ0) is 18.4. The van der Waals surface area contributed by atoms with Gasteiger partial charge in [-0.05, 0) is 29.6 Å². The van der Waals surface area contributed by atoms with E-state index in [1.54, 1.807) is 30.6 Å². The van der Waals surface area contributed by atoms with Crippen LogP contribution in [-0.4, -0.2) is 22.9 Å². The fraction of sp³-hybridized carbons (Fsp3) is 0.190. The lowest BCUT2D eigenvalue weighted by Gasteiger charge is -2.38. The van der Waals surface area contributed by atoms with Crippen LogP contribution in [0.1, 0.15) is 34.7 Å². The molecular formula is C21H18N2O3S. The second-order valence-corrected chi connectivity index (χ2v) is 7.54. The Morgan fingerprint density at radius 2 is 2.07 bits per heavy atom. The van der Waals surface area contributed by atoms with Gasteiger partial charge in [0.1, 0.15) is 5.75 Å². The van der Waals surface area contributed by atoms with E-state index >= 15 is 0 Å². The summed E-state index contributed by atoms with van der Waals surface area (Å²) in [5.41, 5.74) is 2.94. The van der Waals surface area contributed by atoms with Gasteiger partial charge in [0.15, 0.2) is 11.5 Å². The molecule has 5 rings (SSSR count). The topological polar surface area (TPSA) is 54.3 Å². The molecule has 2 aliphatic heterocycles. The normalized spacial score (nSPS) is 20.5. The number of ether oxygens (including phenoxy) is 2. The van der Waals surface area contributed by atoms with Gasteiger partial charge < -0.3 is 14.6 Å². The quantitative estimate of drug-likeness (QED) is 0.717. The van der Waals surface area contributed by atoms with Gasteiger partial charge in [0.05, 0.1) is 23.7 Å². The predicted octanol–water partition coefficient (Wildman–Crippen LogP) is 4.70. The van der Waals surface area contributed by atoms with E-state index in [-0.39, 0.29) is 18.0 Å². The number of hydrazone groups is 1. The Morgan fingerprint density at radius 3 is 2.85 bits per heavy atom. The van der Waals surface area contributed by atoms with E-state index < -0.39 is 0 Å². The minimum atomic E-state index is -0.298. The second kappa shape index (κ2) is 6.32. The van der Waals surface area contributed by atoms with Crippen molar-refractivity contribution in [1.82, 2.24) is 5.01 Å². The first kappa shape index (κ1) is 16.2. The maximum atomic E-state index is 9.85. The van der Waals surface area contributed by atoms with Crippen molar-refractivity contribution in [3.05, 3.63) is 76.0 Å². The van der Waals surface area contributed by atoms with Gasteiger partial charge in [0.2, 0.25) is 6.23 Å². The Labute approximate surface area is 161 Å². The molecule has 6 heteroatoms. The monoisotopic (exact) mass is 378 g/mol. The van der Waals surface area contributed by atoms with Crippen LogP contribution >= 0.6 is 11.3 Å². The zero-order valence-corrected chi connectivity index (χ0v) is 15.5. The fourth-order valence-corrected chi connectivity index (χ4v) is 4.47. The molecule has 0 aliphatic carbocycles. The lowest BCUT2D eigenvalue weighted by molar-refractivity contribution is -0.0184. The number of hydrogen-bond donors (Lipinski definition) is 1. The van der Waals surface area contributed by atoms with Gasteiger partial charge in [-0.3, -0.25) is 0 Å². The highest BCUT2D eigenvalue weighted by Crippen LogP contribution is 2.51. The van der Waals surface area contributed by atoms with Gasteiger partial charge in [0, 0.05) is 17.5 Å². The average Bonchev–Trinajstić information content (AvgIpc) is 3.37. The highest BCUT2D eigenvalue weighted by molar-refractivity contribution is 7.10. The van der Waals surface area contributed by atoms with Crippen molar-refractivity contribution in [2.45, 2.75) is 18.7 Å². The molecule has 136 valence electrons. The van der Waals surface area contributed by atoms with Crippen LogP contribution in [0.15, 0.2) is 65.1 Å². The molecule has 27 heavy (non-hydrogen) atoms. The van der Waals surface area contributed by atoms with E-state index in [0.717, 1.165) is 39.6 Å². The maximum absolute atomic E-state index is 9.85. The highest BCUT2D eigenvalue weighted by atomic mass is 32.1. The van der Waals surface area contributed by atoms with Gasteiger partial charge in [-0.15, -0.1) is 11.3 Å². The number of phenolic OH excluding ortho intramolecular Hbond substituents is 1. The van der Waals surface area contributed by atoms with Crippen LogP contribution in [0, 0.1) is 0 Å². The summed E-state index contributed by atoms with van der Waals surface area (Å²) in [5, 5.41) is 18.8. The number of thiophene rings is 1. The minimum Gasteiger partial charge on any atom is -0.508 e. The van der Waals surface area contributed by atoms with Crippen LogP contribution in [0.25, 0.3) is 0 Å². The summed E-state index contributed by atoms with van der Waals surface area (Å²) in [5.74, 6) is 1.76. The number of rotatable bonds is 3. The molecule has 1 N–H and O–H groups in total. The van der Waals surface area contributed by atoms with E-state index in [2.05, 4.69) is 12.1 Å². The third kappa shape index (κ3) is 2.64. The fourth-order valence-electron chi connectivity index (χ4n) is 3.72. The summed E-state index contributed by atoms with van der Waals surface area (Å²) in [6, 6.07) is 17.4. The van der Waals surface area contributed by atoms with Crippen molar-refractivity contribution in [3.8, 4) is 17.2 Å². The highest BCUT2D eigenvalue weighted by Gasteiger charge is 2.42. The Hall–Kier alpha value is -2.99. The van der Waals surface area contributed by atoms with Crippen molar-refractivity contribution in [1.29, 1.82) is 0 Å². The van der Waals surface area contributed by atoms with Crippen molar-refractivity contribution in [3.63, 3.8) is 0 Å². The molecule has 2 atom stereocenters. The van der Waals surface area contributed by atoms with Crippen LogP contribution < -0.4 is 9.47 Å².